The molecule has 4 unspecified atom stereocenters. The predicted molar refractivity (Wildman–Crippen MR) is 112 cm³/mol. The molecule has 1 aromatic carbocycles. The number of carbonyl (C=O) groups is 2. The van der Waals surface area contributed by atoms with E-state index < -0.39 is 64.6 Å². The average Bonchev–Trinajstić information content (AvgIpc) is 2.61. The number of amides is 2. The van der Waals surface area contributed by atoms with E-state index in [1.54, 1.807) is 45.0 Å². The van der Waals surface area contributed by atoms with Crippen molar-refractivity contribution in [3.05, 3.63) is 34.9 Å². The second-order valence-electron chi connectivity index (χ2n) is 8.40. The summed E-state index contributed by atoms with van der Waals surface area (Å²) in [5.41, 5.74) is 5.69. The number of nitrogens with zero attached hydrogens (tertiary/aromatic N) is 1. The molecule has 0 radical (unpaired) electrons. The number of halogens is 4. The fourth-order valence-corrected chi connectivity index (χ4v) is 4.57. The Hall–Kier alpha value is -1.65. The van der Waals surface area contributed by atoms with Crippen molar-refractivity contribution in [2.24, 2.45) is 5.73 Å². The molecule has 1 heterocycles. The van der Waals surface area contributed by atoms with Crippen molar-refractivity contribution in [2.75, 3.05) is 12.4 Å². The number of morpholine rings is 1. The molecule has 2 rings (SSSR count). The second kappa shape index (κ2) is 9.87. The van der Waals surface area contributed by atoms with Crippen LogP contribution in [0.15, 0.2) is 24.3 Å². The maximum Gasteiger partial charge on any atom is 0.391 e. The summed E-state index contributed by atoms with van der Waals surface area (Å²) < 4.78 is 57.9. The van der Waals surface area contributed by atoms with E-state index in [4.69, 9.17) is 22.1 Å². The van der Waals surface area contributed by atoms with Crippen LogP contribution in [0.4, 0.5) is 13.2 Å². The van der Waals surface area contributed by atoms with E-state index in [1.807, 2.05) is 0 Å². The summed E-state index contributed by atoms with van der Waals surface area (Å²) in [5.74, 6) is -1.97. The number of nitrogens with two attached hydrogens (primary N) is 1. The summed E-state index contributed by atoms with van der Waals surface area (Å²) in [5, 5.41) is 0.422. The SMILES string of the molecule is CC(C)(C)S(=O)CC(CC(F)(F)F)N1C(=O)C(CC(N)=O)OCC1c1ccc(Cl)cc1. The maximum absolute atomic E-state index is 13.5. The van der Waals surface area contributed by atoms with E-state index in [0.717, 1.165) is 4.90 Å². The van der Waals surface area contributed by atoms with Crippen LogP contribution in [0, 0.1) is 0 Å². The number of alkyl halides is 3. The van der Waals surface area contributed by atoms with E-state index in [9.17, 15) is 27.0 Å². The number of ether oxygens (including phenoxy) is 1. The number of rotatable bonds is 7. The molecular weight excluding hydrogens is 457 g/mol. The molecule has 6 nitrogen and oxygen atoms in total. The Kier molecular flexibility index (Phi) is 8.15. The molecule has 2 N–H and O–H groups in total. The van der Waals surface area contributed by atoms with Gasteiger partial charge in [0.2, 0.25) is 5.91 Å². The van der Waals surface area contributed by atoms with Gasteiger partial charge in [-0.15, -0.1) is 0 Å². The van der Waals surface area contributed by atoms with Crippen LogP contribution >= 0.6 is 11.6 Å². The summed E-state index contributed by atoms with van der Waals surface area (Å²) in [4.78, 5) is 25.6. The molecule has 0 aromatic heterocycles. The van der Waals surface area contributed by atoms with Crippen LogP contribution in [0.2, 0.25) is 5.02 Å². The van der Waals surface area contributed by atoms with Crippen LogP contribution in [0.5, 0.6) is 0 Å². The lowest BCUT2D eigenvalue weighted by molar-refractivity contribution is -0.177. The first kappa shape index (κ1) is 25.6. The molecule has 1 aliphatic rings. The van der Waals surface area contributed by atoms with Crippen LogP contribution in [0.1, 0.15) is 45.2 Å². The highest BCUT2D eigenvalue weighted by atomic mass is 35.5. The lowest BCUT2D eigenvalue weighted by atomic mass is 9.99. The number of benzene rings is 1. The molecular formula is C20H26ClF3N2O4S. The quantitative estimate of drug-likeness (QED) is 0.645. The van der Waals surface area contributed by atoms with Crippen LogP contribution in [-0.4, -0.2) is 56.4 Å². The van der Waals surface area contributed by atoms with Crippen molar-refractivity contribution in [3.63, 3.8) is 0 Å². The van der Waals surface area contributed by atoms with E-state index in [-0.39, 0.29) is 12.4 Å². The average molecular weight is 483 g/mol. The third-order valence-corrected chi connectivity index (χ3v) is 7.16. The largest absolute Gasteiger partial charge is 0.391 e. The van der Waals surface area contributed by atoms with Gasteiger partial charge in [-0.3, -0.25) is 13.8 Å². The van der Waals surface area contributed by atoms with Gasteiger partial charge in [0, 0.05) is 26.3 Å². The monoisotopic (exact) mass is 482 g/mol. The number of hydrogen-bond donors (Lipinski definition) is 1. The van der Waals surface area contributed by atoms with E-state index in [2.05, 4.69) is 0 Å². The van der Waals surface area contributed by atoms with Gasteiger partial charge in [-0.05, 0) is 38.5 Å². The third kappa shape index (κ3) is 7.18. The molecule has 174 valence electrons. The molecule has 0 spiro atoms. The molecule has 1 aliphatic heterocycles. The Bertz CT molecular complexity index is 827. The van der Waals surface area contributed by atoms with Gasteiger partial charge in [0.15, 0.2) is 0 Å². The smallest absolute Gasteiger partial charge is 0.370 e. The highest BCUT2D eigenvalue weighted by molar-refractivity contribution is 7.86. The van der Waals surface area contributed by atoms with Crippen LogP contribution in [-0.2, 0) is 25.1 Å². The molecule has 0 aliphatic carbocycles. The summed E-state index contributed by atoms with van der Waals surface area (Å²) in [6.07, 6.45) is -7.69. The zero-order chi connectivity index (χ0) is 23.6. The first-order valence-corrected chi connectivity index (χ1v) is 11.3. The Labute approximate surface area is 186 Å². The zero-order valence-electron chi connectivity index (χ0n) is 17.4. The minimum Gasteiger partial charge on any atom is -0.370 e. The predicted octanol–water partition coefficient (Wildman–Crippen LogP) is 3.35. The molecule has 4 atom stereocenters. The minimum atomic E-state index is -4.60. The molecule has 31 heavy (non-hydrogen) atoms. The van der Waals surface area contributed by atoms with Gasteiger partial charge in [0.25, 0.3) is 5.91 Å². The zero-order valence-corrected chi connectivity index (χ0v) is 19.0. The topological polar surface area (TPSA) is 89.7 Å². The molecule has 2 amide bonds. The van der Waals surface area contributed by atoms with Gasteiger partial charge in [-0.2, -0.15) is 13.2 Å². The fourth-order valence-electron chi connectivity index (χ4n) is 3.31. The third-order valence-electron chi connectivity index (χ3n) is 4.85. The summed E-state index contributed by atoms with van der Waals surface area (Å²) in [6.45, 7) is 4.83. The molecule has 11 heteroatoms. The fraction of sp³-hybridized carbons (Fsp3) is 0.600. The molecule has 0 saturated carbocycles. The van der Waals surface area contributed by atoms with Crippen LogP contribution in [0.25, 0.3) is 0 Å². The normalized spacial score (nSPS) is 22.3. The number of carbonyl (C=O) groups excluding carboxylic acids is 2. The van der Waals surface area contributed by atoms with E-state index >= 15 is 0 Å². The van der Waals surface area contributed by atoms with Crippen molar-refractivity contribution < 1.29 is 31.7 Å². The lowest BCUT2D eigenvalue weighted by Gasteiger charge is -2.44. The van der Waals surface area contributed by atoms with Crippen molar-refractivity contribution in [2.45, 2.75) is 62.7 Å². The minimum absolute atomic E-state index is 0.137. The van der Waals surface area contributed by atoms with E-state index in [0.29, 0.717) is 10.6 Å². The van der Waals surface area contributed by atoms with Crippen molar-refractivity contribution >= 4 is 34.2 Å². The van der Waals surface area contributed by atoms with Gasteiger partial charge in [-0.25, -0.2) is 0 Å². The Morgan fingerprint density at radius 2 is 1.87 bits per heavy atom. The van der Waals surface area contributed by atoms with Gasteiger partial charge >= 0.3 is 6.18 Å². The standard InChI is InChI=1S/C20H26ClF3N2O4S/c1-19(2,3)31(29)11-14(9-20(22,23)24)26-15(12-4-6-13(21)7-5-12)10-30-16(18(26)28)8-17(25)27/h4-7,14-16H,8-11H2,1-3H3,(H2,25,27). The molecule has 0 bridgehead atoms. The first-order valence-electron chi connectivity index (χ1n) is 9.62. The van der Waals surface area contributed by atoms with Gasteiger partial charge in [0.1, 0.15) is 6.10 Å². The summed E-state index contributed by atoms with van der Waals surface area (Å²) >= 11 is 5.91. The van der Waals surface area contributed by atoms with E-state index in [1.165, 1.54) is 0 Å². The van der Waals surface area contributed by atoms with Gasteiger partial charge in [-0.1, -0.05) is 23.7 Å². The Morgan fingerprint density at radius 1 is 1.29 bits per heavy atom. The highest BCUT2D eigenvalue weighted by Gasteiger charge is 2.46. The van der Waals surface area contributed by atoms with Gasteiger partial charge in [0.05, 0.1) is 31.5 Å². The maximum atomic E-state index is 13.5. The Balaban J connectivity index is 2.50. The van der Waals surface area contributed by atoms with Crippen molar-refractivity contribution in [1.82, 2.24) is 4.90 Å². The van der Waals surface area contributed by atoms with Crippen molar-refractivity contribution in [3.8, 4) is 0 Å². The lowest BCUT2D eigenvalue weighted by Crippen LogP contribution is -2.57. The molecule has 1 fully saturated rings. The first-order chi connectivity index (χ1) is 14.2. The summed E-state index contributed by atoms with van der Waals surface area (Å²) in [7, 11) is -1.66. The summed E-state index contributed by atoms with van der Waals surface area (Å²) in [6, 6.07) is 4.03. The van der Waals surface area contributed by atoms with Crippen LogP contribution < -0.4 is 5.73 Å². The van der Waals surface area contributed by atoms with Crippen molar-refractivity contribution in [1.29, 1.82) is 0 Å². The second-order valence-corrected chi connectivity index (χ2v) is 11.1. The molecule has 1 saturated heterocycles. The molecule has 1 aromatic rings. The Morgan fingerprint density at radius 3 is 2.35 bits per heavy atom. The number of hydrogen-bond acceptors (Lipinski definition) is 4. The van der Waals surface area contributed by atoms with Gasteiger partial charge < -0.3 is 15.4 Å². The highest BCUT2D eigenvalue weighted by Crippen LogP contribution is 2.35. The van der Waals surface area contributed by atoms with Crippen LogP contribution in [0.3, 0.4) is 0 Å². The number of primary amides is 1.